The molecule has 2 atom stereocenters. The Kier molecular flexibility index (Phi) is 4.57. The molecule has 0 fully saturated rings. The molecule has 0 aliphatic rings. The minimum Gasteiger partial charge on any atom is -0.484 e. The molecule has 0 aromatic heterocycles. The van der Waals surface area contributed by atoms with Crippen LogP contribution in [-0.2, 0) is 0 Å². The van der Waals surface area contributed by atoms with Crippen molar-refractivity contribution in [3.63, 3.8) is 0 Å². The molecule has 0 radical (unpaired) electrons. The van der Waals surface area contributed by atoms with Crippen LogP contribution >= 0.6 is 11.6 Å². The lowest BCUT2D eigenvalue weighted by molar-refractivity contribution is 0.179. The van der Waals surface area contributed by atoms with Crippen molar-refractivity contribution >= 4 is 11.6 Å². The molecule has 0 bridgehead atoms. The molecule has 0 heterocycles. The van der Waals surface area contributed by atoms with Crippen LogP contribution in [0.5, 0.6) is 5.75 Å². The molecule has 0 aliphatic heterocycles. The smallest absolute Gasteiger partial charge is 0.162 e. The van der Waals surface area contributed by atoms with Crippen LogP contribution < -0.4 is 10.5 Å². The summed E-state index contributed by atoms with van der Waals surface area (Å²) in [5.74, 6) is -1.69. The van der Waals surface area contributed by atoms with Crippen molar-refractivity contribution in [2.24, 2.45) is 5.73 Å². The Morgan fingerprint density at radius 3 is 2.40 bits per heavy atom. The maximum absolute atomic E-state index is 13.2. The molecule has 2 nitrogen and oxygen atoms in total. The molecule has 0 spiro atoms. The molecule has 0 aliphatic carbocycles. The van der Waals surface area contributed by atoms with E-state index in [1.54, 1.807) is 25.1 Å². The van der Waals surface area contributed by atoms with Crippen molar-refractivity contribution in [1.82, 2.24) is 0 Å². The number of ether oxygens (including phenoxy) is 1. The molecule has 2 N–H and O–H groups in total. The lowest BCUT2D eigenvalue weighted by Gasteiger charge is -2.24. The van der Waals surface area contributed by atoms with Crippen LogP contribution in [0.1, 0.15) is 18.6 Å². The van der Waals surface area contributed by atoms with Crippen LogP contribution in [0.2, 0.25) is 5.02 Å². The Bertz CT molecular complexity index is 604. The first-order valence-electron chi connectivity index (χ1n) is 6.10. The zero-order valence-corrected chi connectivity index (χ0v) is 11.6. The van der Waals surface area contributed by atoms with E-state index in [1.807, 2.05) is 6.07 Å². The molecule has 0 amide bonds. The third-order valence-corrected chi connectivity index (χ3v) is 3.19. The lowest BCUT2D eigenvalue weighted by atomic mass is 10.0. The first-order chi connectivity index (χ1) is 9.49. The van der Waals surface area contributed by atoms with Gasteiger partial charge in [-0.05, 0) is 25.1 Å². The first kappa shape index (κ1) is 14.8. The van der Waals surface area contributed by atoms with Gasteiger partial charge in [-0.3, -0.25) is 0 Å². The Balaban J connectivity index is 2.31. The SMILES string of the molecule is CC(N)C(Oc1ccc(F)c(F)c1)c1ccccc1Cl. The maximum Gasteiger partial charge on any atom is 0.162 e. The maximum atomic E-state index is 13.2. The number of halogens is 3. The highest BCUT2D eigenvalue weighted by Crippen LogP contribution is 2.29. The van der Waals surface area contributed by atoms with Gasteiger partial charge >= 0.3 is 0 Å². The van der Waals surface area contributed by atoms with E-state index in [4.69, 9.17) is 22.1 Å². The third-order valence-electron chi connectivity index (χ3n) is 2.84. The molecule has 2 unspecified atom stereocenters. The molecule has 20 heavy (non-hydrogen) atoms. The first-order valence-corrected chi connectivity index (χ1v) is 6.48. The van der Waals surface area contributed by atoms with Gasteiger partial charge in [0.1, 0.15) is 11.9 Å². The highest BCUT2D eigenvalue weighted by atomic mass is 35.5. The number of benzene rings is 2. The second-order valence-electron chi connectivity index (χ2n) is 4.49. The molecule has 0 saturated carbocycles. The lowest BCUT2D eigenvalue weighted by Crippen LogP contribution is -2.29. The van der Waals surface area contributed by atoms with Gasteiger partial charge in [0.25, 0.3) is 0 Å². The van der Waals surface area contributed by atoms with Gasteiger partial charge in [0, 0.05) is 22.7 Å². The van der Waals surface area contributed by atoms with Crippen LogP contribution in [0.4, 0.5) is 8.78 Å². The highest BCUT2D eigenvalue weighted by molar-refractivity contribution is 6.31. The topological polar surface area (TPSA) is 35.2 Å². The van der Waals surface area contributed by atoms with Crippen LogP contribution in [0.25, 0.3) is 0 Å². The second-order valence-corrected chi connectivity index (χ2v) is 4.90. The number of hydrogen-bond donors (Lipinski definition) is 1. The average molecular weight is 298 g/mol. The molecule has 2 aromatic carbocycles. The van der Waals surface area contributed by atoms with E-state index in [0.717, 1.165) is 12.1 Å². The third kappa shape index (κ3) is 3.26. The van der Waals surface area contributed by atoms with Gasteiger partial charge in [-0.15, -0.1) is 0 Å². The molecule has 0 saturated heterocycles. The summed E-state index contributed by atoms with van der Waals surface area (Å²) < 4.78 is 31.8. The molecule has 2 rings (SSSR count). The van der Waals surface area contributed by atoms with E-state index in [1.165, 1.54) is 6.07 Å². The van der Waals surface area contributed by atoms with Crippen molar-refractivity contribution in [3.05, 3.63) is 64.7 Å². The predicted octanol–water partition coefficient (Wildman–Crippen LogP) is 4.09. The van der Waals surface area contributed by atoms with Gasteiger partial charge < -0.3 is 10.5 Å². The van der Waals surface area contributed by atoms with Crippen LogP contribution in [0.3, 0.4) is 0 Å². The Morgan fingerprint density at radius 2 is 1.80 bits per heavy atom. The van der Waals surface area contributed by atoms with E-state index in [2.05, 4.69) is 0 Å². The average Bonchev–Trinajstić information content (AvgIpc) is 2.41. The highest BCUT2D eigenvalue weighted by Gasteiger charge is 2.21. The summed E-state index contributed by atoms with van der Waals surface area (Å²) >= 11 is 6.12. The van der Waals surface area contributed by atoms with E-state index in [0.29, 0.717) is 10.6 Å². The fourth-order valence-corrected chi connectivity index (χ4v) is 2.10. The molecular weight excluding hydrogens is 284 g/mol. The monoisotopic (exact) mass is 297 g/mol. The van der Waals surface area contributed by atoms with Crippen LogP contribution in [-0.4, -0.2) is 6.04 Å². The van der Waals surface area contributed by atoms with Crippen molar-refractivity contribution < 1.29 is 13.5 Å². The van der Waals surface area contributed by atoms with Crippen molar-refractivity contribution in [1.29, 1.82) is 0 Å². The van der Waals surface area contributed by atoms with Gasteiger partial charge in [0.05, 0.1) is 0 Å². The summed E-state index contributed by atoms with van der Waals surface area (Å²) in [5, 5.41) is 0.511. The van der Waals surface area contributed by atoms with E-state index in [9.17, 15) is 8.78 Å². The molecule has 2 aromatic rings. The zero-order chi connectivity index (χ0) is 14.7. The summed E-state index contributed by atoms with van der Waals surface area (Å²) in [4.78, 5) is 0. The molecule has 5 heteroatoms. The minimum atomic E-state index is -0.968. The predicted molar refractivity (Wildman–Crippen MR) is 74.8 cm³/mol. The van der Waals surface area contributed by atoms with Crippen molar-refractivity contribution in [2.45, 2.75) is 19.1 Å². The molecule has 106 valence electrons. The summed E-state index contributed by atoms with van der Waals surface area (Å²) in [6, 6.07) is 10.1. The van der Waals surface area contributed by atoms with Crippen molar-refractivity contribution in [3.8, 4) is 5.75 Å². The molecular formula is C15H14ClF2NO. The number of hydrogen-bond acceptors (Lipinski definition) is 2. The normalized spacial score (nSPS) is 13.8. The minimum absolute atomic E-state index is 0.200. The van der Waals surface area contributed by atoms with E-state index in [-0.39, 0.29) is 11.8 Å². The van der Waals surface area contributed by atoms with E-state index < -0.39 is 17.7 Å². The second kappa shape index (κ2) is 6.20. The van der Waals surface area contributed by atoms with Crippen LogP contribution in [0, 0.1) is 11.6 Å². The van der Waals surface area contributed by atoms with Gasteiger partial charge in [-0.25, -0.2) is 8.78 Å². The van der Waals surface area contributed by atoms with Gasteiger partial charge in [0.15, 0.2) is 11.6 Å². The quantitative estimate of drug-likeness (QED) is 0.922. The van der Waals surface area contributed by atoms with E-state index >= 15 is 0 Å². The fraction of sp³-hybridized carbons (Fsp3) is 0.200. The van der Waals surface area contributed by atoms with Gasteiger partial charge in [-0.1, -0.05) is 29.8 Å². The number of nitrogens with two attached hydrogens (primary N) is 1. The Labute approximate surface area is 121 Å². The zero-order valence-electron chi connectivity index (χ0n) is 10.8. The van der Waals surface area contributed by atoms with Crippen molar-refractivity contribution in [2.75, 3.05) is 0 Å². The summed E-state index contributed by atoms with van der Waals surface area (Å²) in [7, 11) is 0. The fourth-order valence-electron chi connectivity index (χ4n) is 1.86. The standard InChI is InChI=1S/C15H14ClF2NO/c1-9(19)15(11-4-2-3-5-12(11)16)20-10-6-7-13(17)14(18)8-10/h2-9,15H,19H2,1H3. The number of rotatable bonds is 4. The van der Waals surface area contributed by atoms with Crippen LogP contribution in [0.15, 0.2) is 42.5 Å². The largest absolute Gasteiger partial charge is 0.484 e. The van der Waals surface area contributed by atoms with Gasteiger partial charge in [-0.2, -0.15) is 0 Å². The summed E-state index contributed by atoms with van der Waals surface area (Å²) in [5.41, 5.74) is 6.60. The summed E-state index contributed by atoms with van der Waals surface area (Å²) in [6.07, 6.45) is -0.548. The van der Waals surface area contributed by atoms with Gasteiger partial charge in [0.2, 0.25) is 0 Å². The Hall–Kier alpha value is -1.65. The Morgan fingerprint density at radius 1 is 1.10 bits per heavy atom. The summed E-state index contributed by atoms with van der Waals surface area (Å²) in [6.45, 7) is 1.76.